The van der Waals surface area contributed by atoms with Crippen molar-refractivity contribution in [2.45, 2.75) is 6.54 Å². The molecule has 0 amide bonds. The van der Waals surface area contributed by atoms with E-state index in [0.717, 1.165) is 27.3 Å². The average Bonchev–Trinajstić information content (AvgIpc) is 3.41. The van der Waals surface area contributed by atoms with E-state index in [2.05, 4.69) is 18.2 Å². The van der Waals surface area contributed by atoms with Gasteiger partial charge in [0.25, 0.3) is 0 Å². The second-order valence-corrected chi connectivity index (χ2v) is 16.0. The summed E-state index contributed by atoms with van der Waals surface area (Å²) >= 11 is 0. The summed E-state index contributed by atoms with van der Waals surface area (Å²) in [5, 5.41) is 4.31. The zero-order chi connectivity index (χ0) is 54.7. The maximum Gasteiger partial charge on any atom is 0.381 e. The Hall–Kier alpha value is -8.44. The molecule has 0 saturated carbocycles. The van der Waals surface area contributed by atoms with Crippen molar-refractivity contribution in [3.8, 4) is 11.6 Å². The highest BCUT2D eigenvalue weighted by molar-refractivity contribution is 7.20. The number of benzene rings is 8. The number of ketones is 1. The molecule has 24 heteroatoms. The van der Waals surface area contributed by atoms with E-state index in [0.29, 0.717) is 11.4 Å². The third kappa shape index (κ3) is 8.59. The fourth-order valence-corrected chi connectivity index (χ4v) is 8.55. The maximum atomic E-state index is 15.4. The number of hydrogen-bond donors (Lipinski definition) is 0. The van der Waals surface area contributed by atoms with E-state index in [1.54, 1.807) is 0 Å². The molecule has 0 fully saturated rings. The molecule has 1 heterocycles. The molecule has 1 aromatic heterocycles. The van der Waals surface area contributed by atoms with Crippen molar-refractivity contribution in [3.63, 3.8) is 0 Å². The van der Waals surface area contributed by atoms with Crippen molar-refractivity contribution >= 4 is 55.3 Å². The first kappa shape index (κ1) is 52.9. The highest BCUT2D eigenvalue weighted by Crippen LogP contribution is 2.32. The lowest BCUT2D eigenvalue weighted by Crippen LogP contribution is -2.81. The number of Topliss-reactive ketones (excluding diaryl/α,β-unsaturated/α-hetero) is 1. The quantitative estimate of drug-likeness (QED) is 0.0360. The van der Waals surface area contributed by atoms with Crippen LogP contribution in [0.1, 0.15) is 10.4 Å². The molecule has 3 nitrogen and oxygen atoms in total. The Morgan fingerprint density at radius 2 is 0.693 bits per heavy atom. The molecule has 8 aromatic carbocycles. The number of fused-ring (bicyclic) bond motifs is 2. The van der Waals surface area contributed by atoms with Crippen molar-refractivity contribution < 1.29 is 102 Å². The Bertz CT molecular complexity index is 3440. The number of aromatic nitrogens is 1. The van der Waals surface area contributed by atoms with E-state index in [9.17, 15) is 57.5 Å². The lowest BCUT2D eigenvalue weighted by Gasteiger charge is -2.44. The second kappa shape index (κ2) is 20.1. The summed E-state index contributed by atoms with van der Waals surface area (Å²) in [7, 11) is 0. The van der Waals surface area contributed by atoms with Crippen LogP contribution in [-0.2, 0) is 6.54 Å². The Morgan fingerprint density at radius 3 is 1.09 bits per heavy atom. The van der Waals surface area contributed by atoms with Crippen LogP contribution in [0.2, 0.25) is 0 Å². The van der Waals surface area contributed by atoms with Gasteiger partial charge < -0.3 is 4.74 Å². The first-order chi connectivity index (χ1) is 35.5. The number of halogens is 20. The molecule has 0 unspecified atom stereocenters. The number of rotatable bonds is 9. The highest BCUT2D eigenvalue weighted by Gasteiger charge is 2.52. The molecule has 75 heavy (non-hydrogen) atoms. The van der Waals surface area contributed by atoms with E-state index >= 15 is 35.1 Å². The van der Waals surface area contributed by atoms with Crippen LogP contribution in [-0.4, -0.2) is 11.9 Å². The normalized spacial score (nSPS) is 11.6. The molecule has 0 atom stereocenters. The third-order valence-electron chi connectivity index (χ3n) is 11.9. The number of carbonyl (C=O) groups is 1. The van der Waals surface area contributed by atoms with Gasteiger partial charge in [-0.15, -0.1) is 21.9 Å². The maximum absolute atomic E-state index is 15.4. The molecule has 0 aliphatic carbocycles. The van der Waals surface area contributed by atoms with Gasteiger partial charge in [-0.3, -0.25) is 4.79 Å². The summed E-state index contributed by atoms with van der Waals surface area (Å²) in [6.45, 7) is 0.206. The summed E-state index contributed by atoms with van der Waals surface area (Å²) in [6, 6.07) is 33.7. The molecule has 0 aliphatic heterocycles. The van der Waals surface area contributed by atoms with Gasteiger partial charge in [0.05, 0.1) is 5.39 Å². The van der Waals surface area contributed by atoms with E-state index < -0.39 is 144 Å². The van der Waals surface area contributed by atoms with E-state index in [1.807, 2.05) is 95.7 Å². The molecular formula is C51H20BF20NO2. The topological polar surface area (TPSA) is 30.2 Å². The molecule has 9 aromatic rings. The lowest BCUT2D eigenvalue weighted by molar-refractivity contribution is -0.685. The molecule has 0 N–H and O–H groups in total. The van der Waals surface area contributed by atoms with Gasteiger partial charge in [-0.05, 0) is 34.4 Å². The van der Waals surface area contributed by atoms with E-state index in [4.69, 9.17) is 4.74 Å². The second-order valence-electron chi connectivity index (χ2n) is 16.0. The zero-order valence-electron chi connectivity index (χ0n) is 36.5. The van der Waals surface area contributed by atoms with Crippen molar-refractivity contribution in [1.29, 1.82) is 0 Å². The van der Waals surface area contributed by atoms with Crippen LogP contribution in [0.15, 0.2) is 109 Å². The SMILES string of the molecule is Fc1c(F)c(F)c([B-](c2c(F)c(F)c(F)c(F)c2F)(c2c(F)c(F)c(F)c(F)c2F)c2c(F)c(F)c(F)c(F)c2F)c(F)c1F.O=C(C[n+]1ccc2ccccc2c1Oc1ccc2ccccc2c1)c1ccccc1. The van der Waals surface area contributed by atoms with Crippen molar-refractivity contribution in [3.05, 3.63) is 231 Å². The molecule has 0 radical (unpaired) electrons. The van der Waals surface area contributed by atoms with Crippen LogP contribution < -0.4 is 31.2 Å². The molecular weight excluding hydrogens is 1050 g/mol. The van der Waals surface area contributed by atoms with Crippen LogP contribution >= 0.6 is 0 Å². The van der Waals surface area contributed by atoms with Crippen LogP contribution in [0.4, 0.5) is 87.8 Å². The van der Waals surface area contributed by atoms with Gasteiger partial charge in [0.1, 0.15) is 58.4 Å². The van der Waals surface area contributed by atoms with Gasteiger partial charge in [0.15, 0.2) is 76.0 Å². The summed E-state index contributed by atoms with van der Waals surface area (Å²) in [6.07, 6.45) is -5.30. The molecule has 0 spiro atoms. The standard InChI is InChI=1S/C27H20NO2.C24BF20/c29-26(22-10-2-1-3-11-22)19-28-17-16-21-9-6-7-13-25(21)27(28)30-24-15-14-20-8-4-5-12-23(20)18-24;26-5-1(6(27)14(35)21(42)13(5)34)25(2-7(28)15(36)22(43)16(37)8(2)29,3-9(30)17(38)23(44)18(39)10(3)31)4-11(32)19(40)24(45)20(41)12(4)33/h1-18H,19H2;/q+1;-1. The minimum absolute atomic E-state index is 0.0410. The van der Waals surface area contributed by atoms with E-state index in [-0.39, 0.29) is 12.3 Å². The first-order valence-corrected chi connectivity index (χ1v) is 20.9. The van der Waals surface area contributed by atoms with Crippen LogP contribution in [0.25, 0.3) is 21.5 Å². The monoisotopic (exact) mass is 1070 g/mol. The smallest absolute Gasteiger partial charge is 0.381 e. The fourth-order valence-electron chi connectivity index (χ4n) is 8.55. The molecule has 0 saturated heterocycles. The van der Waals surface area contributed by atoms with Crippen molar-refractivity contribution in [1.82, 2.24) is 0 Å². The van der Waals surface area contributed by atoms with Crippen LogP contribution in [0, 0.1) is 116 Å². The van der Waals surface area contributed by atoms with Crippen LogP contribution in [0.3, 0.4) is 0 Å². The number of hydrogen-bond acceptors (Lipinski definition) is 2. The average molecular weight is 1070 g/mol. The highest BCUT2D eigenvalue weighted by atomic mass is 19.2. The van der Waals surface area contributed by atoms with Crippen LogP contribution in [0.5, 0.6) is 11.6 Å². The minimum Gasteiger partial charge on any atom is -0.405 e. The van der Waals surface area contributed by atoms with Gasteiger partial charge >= 0.3 is 5.88 Å². The van der Waals surface area contributed by atoms with Crippen molar-refractivity contribution in [2.24, 2.45) is 0 Å². The number of nitrogens with zero attached hydrogens (tertiary/aromatic N) is 1. The summed E-state index contributed by atoms with van der Waals surface area (Å²) in [5.41, 5.74) is -13.6. The fraction of sp³-hybridized carbons (Fsp3) is 0.0196. The molecule has 0 bridgehead atoms. The Balaban J connectivity index is 0.000000215. The van der Waals surface area contributed by atoms with Crippen molar-refractivity contribution in [2.75, 3.05) is 0 Å². The van der Waals surface area contributed by atoms with Gasteiger partial charge in [-0.1, -0.05) is 78.9 Å². The first-order valence-electron chi connectivity index (χ1n) is 20.9. The Morgan fingerprint density at radius 1 is 0.360 bits per heavy atom. The van der Waals surface area contributed by atoms with Gasteiger partial charge in [-0.2, -0.15) is 4.57 Å². The number of pyridine rings is 1. The number of ether oxygens (including phenoxy) is 1. The largest absolute Gasteiger partial charge is 0.405 e. The predicted octanol–water partition coefficient (Wildman–Crippen LogP) is 11.8. The number of carbonyl (C=O) groups excluding carboxylic acids is 1. The summed E-state index contributed by atoms with van der Waals surface area (Å²) in [4.78, 5) is 12.9. The predicted molar refractivity (Wildman–Crippen MR) is 228 cm³/mol. The summed E-state index contributed by atoms with van der Waals surface area (Å²) in [5.74, 6) is -70.0. The zero-order valence-corrected chi connectivity index (χ0v) is 36.5. The van der Waals surface area contributed by atoms with Gasteiger partial charge in [0.2, 0.25) is 12.3 Å². The van der Waals surface area contributed by atoms with Gasteiger partial charge in [0, 0.05) is 11.6 Å². The minimum atomic E-state index is -7.22. The van der Waals surface area contributed by atoms with Gasteiger partial charge in [-0.25, -0.2) is 87.8 Å². The third-order valence-corrected chi connectivity index (χ3v) is 11.9. The van der Waals surface area contributed by atoms with E-state index in [1.165, 1.54) is 0 Å². The summed E-state index contributed by atoms with van der Waals surface area (Å²) < 4.78 is 302. The molecule has 384 valence electrons. The molecule has 0 aliphatic rings. The molecule has 9 rings (SSSR count). The lowest BCUT2D eigenvalue weighted by atomic mass is 9.12. The Labute approximate surface area is 406 Å². The Kier molecular flexibility index (Phi) is 14.2.